The van der Waals surface area contributed by atoms with Gasteiger partial charge < -0.3 is 0 Å². The molecule has 3 nitrogen and oxygen atoms in total. The van der Waals surface area contributed by atoms with Crippen LogP contribution in [0.2, 0.25) is 0 Å². The lowest BCUT2D eigenvalue weighted by atomic mass is 9.76. The molecule has 0 aromatic heterocycles. The summed E-state index contributed by atoms with van der Waals surface area (Å²) in [6.07, 6.45) is 6.46. The van der Waals surface area contributed by atoms with Gasteiger partial charge in [0.05, 0.1) is 4.92 Å². The van der Waals surface area contributed by atoms with Gasteiger partial charge in [0.25, 0.3) is 5.69 Å². The fourth-order valence-corrected chi connectivity index (χ4v) is 4.03. The van der Waals surface area contributed by atoms with Crippen molar-refractivity contribution < 1.29 is 4.92 Å². The van der Waals surface area contributed by atoms with Gasteiger partial charge in [0.1, 0.15) is 0 Å². The van der Waals surface area contributed by atoms with Crippen LogP contribution in [0.1, 0.15) is 44.6 Å². The van der Waals surface area contributed by atoms with Crippen LogP contribution < -0.4 is 0 Å². The number of hydrogen-bond acceptors (Lipinski definition) is 2. The molecule has 0 amide bonds. The molecule has 0 heterocycles. The van der Waals surface area contributed by atoms with Crippen LogP contribution in [-0.2, 0) is 6.42 Å². The normalized spacial score (nSPS) is 25.8. The lowest BCUT2D eigenvalue weighted by molar-refractivity contribution is -0.385. The summed E-state index contributed by atoms with van der Waals surface area (Å²) >= 11 is 9.78. The zero-order chi connectivity index (χ0) is 15.4. The molecular weight excluding hydrogens is 354 g/mol. The van der Waals surface area contributed by atoms with Gasteiger partial charge in [0.2, 0.25) is 0 Å². The first-order valence-electron chi connectivity index (χ1n) is 7.58. The molecule has 116 valence electrons. The summed E-state index contributed by atoms with van der Waals surface area (Å²) < 4.78 is 0.743. The second kappa shape index (κ2) is 7.59. The number of nitro groups is 1. The highest BCUT2D eigenvalue weighted by molar-refractivity contribution is 9.10. The molecule has 5 heteroatoms. The summed E-state index contributed by atoms with van der Waals surface area (Å²) in [4.78, 5) is 10.9. The van der Waals surface area contributed by atoms with Crippen molar-refractivity contribution in [3.63, 3.8) is 0 Å². The van der Waals surface area contributed by atoms with Gasteiger partial charge in [-0.15, -0.1) is 11.6 Å². The second-order valence-corrected chi connectivity index (χ2v) is 7.45. The third-order valence-corrected chi connectivity index (χ3v) is 5.49. The van der Waals surface area contributed by atoms with Crippen molar-refractivity contribution in [3.05, 3.63) is 38.3 Å². The molecule has 1 aliphatic carbocycles. The SMILES string of the molecule is CCCC1CCC(Cl)C(Cc2ccc(Br)cc2[N+](=O)[O-])C1. The van der Waals surface area contributed by atoms with Gasteiger partial charge in [-0.25, -0.2) is 0 Å². The monoisotopic (exact) mass is 373 g/mol. The Balaban J connectivity index is 2.14. The molecule has 3 atom stereocenters. The van der Waals surface area contributed by atoms with E-state index < -0.39 is 0 Å². The maximum Gasteiger partial charge on any atom is 0.273 e. The van der Waals surface area contributed by atoms with Gasteiger partial charge in [-0.1, -0.05) is 41.8 Å². The van der Waals surface area contributed by atoms with Crippen LogP contribution in [-0.4, -0.2) is 10.3 Å². The Morgan fingerprint density at radius 3 is 2.86 bits per heavy atom. The number of nitrogens with zero attached hydrogens (tertiary/aromatic N) is 1. The number of halogens is 2. The van der Waals surface area contributed by atoms with Crippen LogP contribution >= 0.6 is 27.5 Å². The predicted molar refractivity (Wildman–Crippen MR) is 89.9 cm³/mol. The fraction of sp³-hybridized carbons (Fsp3) is 0.625. The van der Waals surface area contributed by atoms with E-state index >= 15 is 0 Å². The molecule has 0 radical (unpaired) electrons. The van der Waals surface area contributed by atoms with Gasteiger partial charge >= 0.3 is 0 Å². The van der Waals surface area contributed by atoms with Crippen LogP contribution in [0.3, 0.4) is 0 Å². The summed E-state index contributed by atoms with van der Waals surface area (Å²) in [6, 6.07) is 5.32. The highest BCUT2D eigenvalue weighted by Crippen LogP contribution is 2.38. The molecule has 1 aromatic carbocycles. The van der Waals surface area contributed by atoms with Crippen LogP contribution in [0.25, 0.3) is 0 Å². The van der Waals surface area contributed by atoms with Crippen molar-refractivity contribution in [1.29, 1.82) is 0 Å². The van der Waals surface area contributed by atoms with Gasteiger partial charge in [0, 0.05) is 21.5 Å². The molecule has 1 fully saturated rings. The number of alkyl halides is 1. The molecule has 1 aliphatic rings. The maximum absolute atomic E-state index is 11.2. The van der Waals surface area contributed by atoms with Gasteiger partial charge in [0.15, 0.2) is 0 Å². The van der Waals surface area contributed by atoms with Gasteiger partial charge in [-0.05, 0) is 43.6 Å². The highest BCUT2D eigenvalue weighted by Gasteiger charge is 2.30. The molecule has 0 spiro atoms. The quantitative estimate of drug-likeness (QED) is 0.375. The van der Waals surface area contributed by atoms with Crippen molar-refractivity contribution in [1.82, 2.24) is 0 Å². The Hall–Kier alpha value is -0.610. The minimum absolute atomic E-state index is 0.140. The zero-order valence-corrected chi connectivity index (χ0v) is 14.6. The van der Waals surface area contributed by atoms with E-state index in [1.807, 2.05) is 12.1 Å². The van der Waals surface area contributed by atoms with Crippen LogP contribution in [0.5, 0.6) is 0 Å². The standard InChI is InChI=1S/C16H21BrClNO2/c1-2-3-11-4-7-15(18)13(8-11)9-12-5-6-14(17)10-16(12)19(20)21/h5-6,10-11,13,15H,2-4,7-9H2,1H3. The van der Waals surface area contributed by atoms with E-state index in [4.69, 9.17) is 11.6 Å². The van der Waals surface area contributed by atoms with Crippen LogP contribution in [0.15, 0.2) is 22.7 Å². The number of rotatable bonds is 5. The topological polar surface area (TPSA) is 43.1 Å². The number of benzene rings is 1. The third kappa shape index (κ3) is 4.43. The average molecular weight is 375 g/mol. The van der Waals surface area contributed by atoms with Crippen molar-refractivity contribution in [2.75, 3.05) is 0 Å². The number of hydrogen-bond donors (Lipinski definition) is 0. The van der Waals surface area contributed by atoms with E-state index in [0.717, 1.165) is 28.8 Å². The second-order valence-electron chi connectivity index (χ2n) is 5.98. The van der Waals surface area contributed by atoms with Crippen LogP contribution in [0, 0.1) is 22.0 Å². The molecule has 2 rings (SSSR count). The molecule has 21 heavy (non-hydrogen) atoms. The Morgan fingerprint density at radius 2 is 2.19 bits per heavy atom. The molecule has 0 aliphatic heterocycles. The molecule has 0 saturated heterocycles. The van der Waals surface area contributed by atoms with E-state index in [0.29, 0.717) is 12.3 Å². The van der Waals surface area contributed by atoms with E-state index in [9.17, 15) is 10.1 Å². The Bertz CT molecular complexity index is 509. The minimum atomic E-state index is -0.296. The summed E-state index contributed by atoms with van der Waals surface area (Å²) in [7, 11) is 0. The Labute approximate surface area is 139 Å². The van der Waals surface area contributed by atoms with E-state index in [1.54, 1.807) is 6.07 Å². The maximum atomic E-state index is 11.2. The molecule has 3 unspecified atom stereocenters. The molecule has 0 bridgehead atoms. The first-order chi connectivity index (χ1) is 10.0. The largest absolute Gasteiger partial charge is 0.273 e. The van der Waals surface area contributed by atoms with Crippen molar-refractivity contribution >= 4 is 33.2 Å². The first-order valence-corrected chi connectivity index (χ1v) is 8.81. The summed E-state index contributed by atoms with van der Waals surface area (Å²) in [5, 5.41) is 11.4. The Kier molecular flexibility index (Phi) is 6.06. The lowest BCUT2D eigenvalue weighted by Gasteiger charge is -2.33. The summed E-state index contributed by atoms with van der Waals surface area (Å²) in [6.45, 7) is 2.21. The van der Waals surface area contributed by atoms with E-state index in [1.165, 1.54) is 19.3 Å². The van der Waals surface area contributed by atoms with E-state index in [-0.39, 0.29) is 16.0 Å². The highest BCUT2D eigenvalue weighted by atomic mass is 79.9. The minimum Gasteiger partial charge on any atom is -0.258 e. The van der Waals surface area contributed by atoms with Crippen molar-refractivity contribution in [3.8, 4) is 0 Å². The number of nitro benzene ring substituents is 1. The smallest absolute Gasteiger partial charge is 0.258 e. The third-order valence-electron chi connectivity index (χ3n) is 4.42. The summed E-state index contributed by atoms with van der Waals surface area (Å²) in [5.41, 5.74) is 1.00. The molecule has 0 N–H and O–H groups in total. The Morgan fingerprint density at radius 1 is 1.43 bits per heavy atom. The van der Waals surface area contributed by atoms with Crippen LogP contribution in [0.4, 0.5) is 5.69 Å². The van der Waals surface area contributed by atoms with Crippen molar-refractivity contribution in [2.24, 2.45) is 11.8 Å². The van der Waals surface area contributed by atoms with E-state index in [2.05, 4.69) is 22.9 Å². The first kappa shape index (κ1) is 16.8. The zero-order valence-electron chi connectivity index (χ0n) is 12.2. The molecule has 1 saturated carbocycles. The van der Waals surface area contributed by atoms with Gasteiger partial charge in [-0.2, -0.15) is 0 Å². The van der Waals surface area contributed by atoms with Gasteiger partial charge in [-0.3, -0.25) is 10.1 Å². The molecule has 1 aromatic rings. The average Bonchev–Trinajstić information content (AvgIpc) is 2.44. The fourth-order valence-electron chi connectivity index (χ4n) is 3.37. The predicted octanol–water partition coefficient (Wildman–Crippen LogP) is 5.72. The van der Waals surface area contributed by atoms with Crippen molar-refractivity contribution in [2.45, 2.75) is 50.8 Å². The molecular formula is C16H21BrClNO2. The lowest BCUT2D eigenvalue weighted by Crippen LogP contribution is -2.27. The summed E-state index contributed by atoms with van der Waals surface area (Å²) in [5.74, 6) is 1.07.